The minimum atomic E-state index is -0.561. The van der Waals surface area contributed by atoms with E-state index in [1.165, 1.54) is 18.1 Å². The summed E-state index contributed by atoms with van der Waals surface area (Å²) in [5, 5.41) is 0. The van der Waals surface area contributed by atoms with Crippen molar-refractivity contribution in [1.29, 1.82) is 0 Å². The second-order valence-electron chi connectivity index (χ2n) is 4.62. The van der Waals surface area contributed by atoms with Crippen LogP contribution in [0.25, 0.3) is 0 Å². The van der Waals surface area contributed by atoms with Crippen molar-refractivity contribution >= 4 is 11.9 Å². The van der Waals surface area contributed by atoms with Gasteiger partial charge in [0.05, 0.1) is 20.2 Å². The highest BCUT2D eigenvalue weighted by Gasteiger charge is 2.27. The van der Waals surface area contributed by atoms with Crippen molar-refractivity contribution in [3.8, 4) is 0 Å². The summed E-state index contributed by atoms with van der Waals surface area (Å²) < 4.78 is 10.1. The first-order chi connectivity index (χ1) is 7.31. The second kappa shape index (κ2) is 4.55. The summed E-state index contributed by atoms with van der Waals surface area (Å²) in [5.74, 6) is 0.316. The SMILES string of the molecule is COC1=CC(=O)CN(C(=O)OC(C)(C)C)C1. The number of methoxy groups -OCH3 is 1. The molecule has 0 bridgehead atoms. The second-order valence-corrected chi connectivity index (χ2v) is 4.62. The predicted octanol–water partition coefficient (Wildman–Crippen LogP) is 1.34. The Morgan fingerprint density at radius 2 is 2.00 bits per heavy atom. The van der Waals surface area contributed by atoms with Crippen molar-refractivity contribution in [1.82, 2.24) is 4.90 Å². The molecule has 0 saturated heterocycles. The van der Waals surface area contributed by atoms with Gasteiger partial charge < -0.3 is 9.47 Å². The summed E-state index contributed by atoms with van der Waals surface area (Å²) in [6.45, 7) is 5.66. The molecule has 5 nitrogen and oxygen atoms in total. The average Bonchev–Trinajstić information content (AvgIpc) is 2.14. The number of rotatable bonds is 1. The Bertz CT molecular complexity index is 327. The molecule has 0 aromatic rings. The van der Waals surface area contributed by atoms with Gasteiger partial charge in [-0.25, -0.2) is 4.79 Å². The van der Waals surface area contributed by atoms with E-state index in [0.29, 0.717) is 5.76 Å². The Labute approximate surface area is 95.0 Å². The van der Waals surface area contributed by atoms with Crippen LogP contribution < -0.4 is 0 Å². The van der Waals surface area contributed by atoms with Gasteiger partial charge in [0.15, 0.2) is 5.78 Å². The van der Waals surface area contributed by atoms with Crippen LogP contribution in [-0.2, 0) is 14.3 Å². The molecule has 0 atom stereocenters. The van der Waals surface area contributed by atoms with E-state index in [-0.39, 0.29) is 18.9 Å². The topological polar surface area (TPSA) is 55.8 Å². The summed E-state index contributed by atoms with van der Waals surface area (Å²) in [4.78, 5) is 24.3. The lowest BCUT2D eigenvalue weighted by Crippen LogP contribution is -2.43. The molecule has 0 aliphatic carbocycles. The highest BCUT2D eigenvalue weighted by atomic mass is 16.6. The van der Waals surface area contributed by atoms with E-state index in [0.717, 1.165) is 0 Å². The molecule has 5 heteroatoms. The fraction of sp³-hybridized carbons (Fsp3) is 0.636. The summed E-state index contributed by atoms with van der Waals surface area (Å²) in [6, 6.07) is 0. The van der Waals surface area contributed by atoms with E-state index in [9.17, 15) is 9.59 Å². The highest BCUT2D eigenvalue weighted by Crippen LogP contribution is 2.14. The quantitative estimate of drug-likeness (QED) is 0.678. The smallest absolute Gasteiger partial charge is 0.411 e. The third-order valence-electron chi connectivity index (χ3n) is 1.93. The number of hydrogen-bond acceptors (Lipinski definition) is 4. The first kappa shape index (κ1) is 12.5. The van der Waals surface area contributed by atoms with Crippen LogP contribution in [0, 0.1) is 0 Å². The third-order valence-corrected chi connectivity index (χ3v) is 1.93. The fourth-order valence-corrected chi connectivity index (χ4v) is 1.28. The van der Waals surface area contributed by atoms with Gasteiger partial charge in [0, 0.05) is 6.08 Å². The van der Waals surface area contributed by atoms with E-state index in [2.05, 4.69) is 0 Å². The van der Waals surface area contributed by atoms with Gasteiger partial charge in [-0.2, -0.15) is 0 Å². The number of nitrogens with zero attached hydrogens (tertiary/aromatic N) is 1. The van der Waals surface area contributed by atoms with E-state index in [4.69, 9.17) is 9.47 Å². The molecule has 0 unspecified atom stereocenters. The molecule has 1 aliphatic heterocycles. The third kappa shape index (κ3) is 3.56. The largest absolute Gasteiger partial charge is 0.499 e. The highest BCUT2D eigenvalue weighted by molar-refractivity contribution is 5.95. The lowest BCUT2D eigenvalue weighted by molar-refractivity contribution is -0.116. The van der Waals surface area contributed by atoms with Crippen molar-refractivity contribution in [2.75, 3.05) is 20.2 Å². The van der Waals surface area contributed by atoms with Crippen molar-refractivity contribution in [2.24, 2.45) is 0 Å². The van der Waals surface area contributed by atoms with Gasteiger partial charge in [-0.05, 0) is 20.8 Å². The molecule has 0 aromatic heterocycles. The molecular weight excluding hydrogens is 210 g/mol. The summed E-state index contributed by atoms with van der Waals surface area (Å²) >= 11 is 0. The molecule has 0 saturated carbocycles. The van der Waals surface area contributed by atoms with Gasteiger partial charge in [-0.15, -0.1) is 0 Å². The molecule has 16 heavy (non-hydrogen) atoms. The van der Waals surface area contributed by atoms with Gasteiger partial charge in [-0.1, -0.05) is 0 Å². The number of carbonyl (C=O) groups is 2. The average molecular weight is 227 g/mol. The van der Waals surface area contributed by atoms with Crippen LogP contribution in [0.3, 0.4) is 0 Å². The molecule has 1 aliphatic rings. The maximum atomic E-state index is 11.7. The lowest BCUT2D eigenvalue weighted by Gasteiger charge is -2.28. The Morgan fingerprint density at radius 3 is 2.50 bits per heavy atom. The van der Waals surface area contributed by atoms with Gasteiger partial charge in [0.2, 0.25) is 0 Å². The zero-order chi connectivity index (χ0) is 12.3. The number of ether oxygens (including phenoxy) is 2. The number of hydrogen-bond donors (Lipinski definition) is 0. The molecule has 1 heterocycles. The van der Waals surface area contributed by atoms with Gasteiger partial charge in [0.25, 0.3) is 0 Å². The first-order valence-corrected chi connectivity index (χ1v) is 5.07. The van der Waals surface area contributed by atoms with Crippen molar-refractivity contribution in [3.63, 3.8) is 0 Å². The fourth-order valence-electron chi connectivity index (χ4n) is 1.28. The zero-order valence-corrected chi connectivity index (χ0v) is 10.1. The maximum Gasteiger partial charge on any atom is 0.411 e. The molecule has 0 radical (unpaired) electrons. The molecule has 0 spiro atoms. The Hall–Kier alpha value is -1.52. The Balaban J connectivity index is 2.66. The molecule has 0 N–H and O–H groups in total. The minimum absolute atomic E-state index is 0.0434. The standard InChI is InChI=1S/C11H17NO4/c1-11(2,3)16-10(14)12-6-8(13)5-9(7-12)15-4/h5H,6-7H2,1-4H3. The Kier molecular flexibility index (Phi) is 3.57. The van der Waals surface area contributed by atoms with Crippen LogP contribution in [-0.4, -0.2) is 42.6 Å². The Morgan fingerprint density at radius 1 is 1.38 bits per heavy atom. The van der Waals surface area contributed by atoms with E-state index < -0.39 is 11.7 Å². The monoisotopic (exact) mass is 227 g/mol. The summed E-state index contributed by atoms with van der Waals surface area (Å²) in [5.41, 5.74) is -0.561. The van der Waals surface area contributed by atoms with Crippen LogP contribution in [0.1, 0.15) is 20.8 Å². The van der Waals surface area contributed by atoms with Gasteiger partial charge in [0.1, 0.15) is 11.4 Å². The van der Waals surface area contributed by atoms with Crippen molar-refractivity contribution in [3.05, 3.63) is 11.8 Å². The van der Waals surface area contributed by atoms with Gasteiger partial charge >= 0.3 is 6.09 Å². The molecule has 0 fully saturated rings. The number of carbonyl (C=O) groups excluding carboxylic acids is 2. The number of amides is 1. The maximum absolute atomic E-state index is 11.7. The van der Waals surface area contributed by atoms with Gasteiger partial charge in [-0.3, -0.25) is 9.69 Å². The summed E-state index contributed by atoms with van der Waals surface area (Å²) in [7, 11) is 1.47. The van der Waals surface area contributed by atoms with Crippen LogP contribution in [0.4, 0.5) is 4.79 Å². The van der Waals surface area contributed by atoms with Crippen molar-refractivity contribution in [2.45, 2.75) is 26.4 Å². The molecule has 1 rings (SSSR count). The molecule has 1 amide bonds. The zero-order valence-electron chi connectivity index (χ0n) is 10.1. The first-order valence-electron chi connectivity index (χ1n) is 5.07. The van der Waals surface area contributed by atoms with E-state index in [1.54, 1.807) is 20.8 Å². The van der Waals surface area contributed by atoms with Crippen LogP contribution in [0.2, 0.25) is 0 Å². The predicted molar refractivity (Wildman–Crippen MR) is 57.9 cm³/mol. The summed E-state index contributed by atoms with van der Waals surface area (Å²) in [6.07, 6.45) is 0.907. The number of ketones is 1. The normalized spacial score (nSPS) is 16.9. The molecule has 0 aromatic carbocycles. The van der Waals surface area contributed by atoms with Crippen molar-refractivity contribution < 1.29 is 19.1 Å². The van der Waals surface area contributed by atoms with Crippen LogP contribution in [0.5, 0.6) is 0 Å². The lowest BCUT2D eigenvalue weighted by atomic mass is 10.2. The van der Waals surface area contributed by atoms with Crippen LogP contribution in [0.15, 0.2) is 11.8 Å². The minimum Gasteiger partial charge on any atom is -0.499 e. The molecular formula is C11H17NO4. The van der Waals surface area contributed by atoms with Crippen LogP contribution >= 0.6 is 0 Å². The van der Waals surface area contributed by atoms with E-state index >= 15 is 0 Å². The van der Waals surface area contributed by atoms with E-state index in [1.807, 2.05) is 0 Å². The molecule has 90 valence electrons.